The van der Waals surface area contributed by atoms with Crippen molar-refractivity contribution in [1.82, 2.24) is 4.98 Å². The summed E-state index contributed by atoms with van der Waals surface area (Å²) in [5.74, 6) is 0.443. The molecule has 2 aromatic carbocycles. The van der Waals surface area contributed by atoms with Gasteiger partial charge in [0.05, 0.1) is 6.61 Å². The summed E-state index contributed by atoms with van der Waals surface area (Å²) in [5.41, 5.74) is 2.33. The van der Waals surface area contributed by atoms with E-state index in [0.29, 0.717) is 23.1 Å². The minimum absolute atomic E-state index is 0.0675. The molecule has 0 spiro atoms. The van der Waals surface area contributed by atoms with Crippen LogP contribution in [0.3, 0.4) is 0 Å². The van der Waals surface area contributed by atoms with Crippen molar-refractivity contribution in [2.45, 2.75) is 19.8 Å². The minimum atomic E-state index is -0.300. The number of carbonyl (C=O) groups excluding carboxylic acids is 1. The quantitative estimate of drug-likeness (QED) is 0.336. The summed E-state index contributed by atoms with van der Waals surface area (Å²) >= 11 is 1.53. The molecular weight excluding hydrogens is 397 g/mol. The monoisotopic (exact) mass is 417 g/mol. The van der Waals surface area contributed by atoms with Gasteiger partial charge in [0.25, 0.3) is 0 Å². The molecule has 1 fully saturated rings. The van der Waals surface area contributed by atoms with Crippen LogP contribution in [0.5, 0.6) is 5.75 Å². The molecular formula is C25H20FNO2S. The topological polar surface area (TPSA) is 39.2 Å². The van der Waals surface area contributed by atoms with Gasteiger partial charge < -0.3 is 4.74 Å². The lowest BCUT2D eigenvalue weighted by atomic mass is 9.98. The average Bonchev–Trinajstić information content (AvgIpc) is 3.39. The third kappa shape index (κ3) is 3.61. The second-order valence-electron chi connectivity index (χ2n) is 8.14. The first-order valence-electron chi connectivity index (χ1n) is 9.92. The van der Waals surface area contributed by atoms with Gasteiger partial charge >= 0.3 is 0 Å². The molecule has 0 N–H and O–H groups in total. The molecule has 5 rings (SSSR count). The number of thiophene rings is 1. The Bertz CT molecular complexity index is 1230. The van der Waals surface area contributed by atoms with Crippen molar-refractivity contribution in [3.8, 4) is 16.2 Å². The van der Waals surface area contributed by atoms with Gasteiger partial charge in [0.2, 0.25) is 0 Å². The highest BCUT2D eigenvalue weighted by molar-refractivity contribution is 7.22. The van der Waals surface area contributed by atoms with Crippen LogP contribution in [0.4, 0.5) is 4.39 Å². The number of fused-ring (bicyclic) bond motifs is 1. The fourth-order valence-electron chi connectivity index (χ4n) is 3.46. The van der Waals surface area contributed by atoms with Gasteiger partial charge in [-0.1, -0.05) is 19.1 Å². The third-order valence-electron chi connectivity index (χ3n) is 5.63. The number of hydrogen-bond acceptors (Lipinski definition) is 4. The summed E-state index contributed by atoms with van der Waals surface area (Å²) in [6.07, 6.45) is 5.63. The van der Waals surface area contributed by atoms with Crippen molar-refractivity contribution in [2.75, 3.05) is 6.61 Å². The van der Waals surface area contributed by atoms with Gasteiger partial charge in [-0.05, 0) is 60.9 Å². The zero-order valence-corrected chi connectivity index (χ0v) is 17.3. The number of aromatic nitrogens is 1. The lowest BCUT2D eigenvalue weighted by molar-refractivity contribution is 0.104. The van der Waals surface area contributed by atoms with Crippen LogP contribution in [-0.2, 0) is 0 Å². The molecule has 2 aromatic heterocycles. The number of benzene rings is 2. The fraction of sp³-hybridized carbons (Fsp3) is 0.200. The van der Waals surface area contributed by atoms with Crippen LogP contribution >= 0.6 is 11.3 Å². The molecule has 0 amide bonds. The van der Waals surface area contributed by atoms with E-state index in [2.05, 4.69) is 11.9 Å². The van der Waals surface area contributed by atoms with Crippen molar-refractivity contribution in [3.63, 3.8) is 0 Å². The Morgan fingerprint density at radius 2 is 1.83 bits per heavy atom. The maximum absolute atomic E-state index is 13.5. The molecule has 3 nitrogen and oxygen atoms in total. The predicted molar refractivity (Wildman–Crippen MR) is 118 cm³/mol. The summed E-state index contributed by atoms with van der Waals surface area (Å²) in [5, 5.41) is 0.881. The van der Waals surface area contributed by atoms with Crippen LogP contribution in [0.25, 0.3) is 20.5 Å². The van der Waals surface area contributed by atoms with Crippen molar-refractivity contribution in [3.05, 3.63) is 83.9 Å². The standard InChI is InChI=1S/C25H20FNO2S/c1-25(10-11-25)15-29-19-6-7-20-21(14-19)30-24(17-2-4-18(26)5-3-17)22(20)23(28)16-8-12-27-13-9-16/h2-9,12-14H,10-11,15H2,1H3. The van der Waals surface area contributed by atoms with Crippen molar-refractivity contribution in [1.29, 1.82) is 0 Å². The number of ketones is 1. The summed E-state index contributed by atoms with van der Waals surface area (Å²) in [6, 6.07) is 15.6. The zero-order valence-electron chi connectivity index (χ0n) is 16.5. The molecule has 0 atom stereocenters. The number of carbonyl (C=O) groups is 1. The molecule has 2 heterocycles. The molecule has 0 aliphatic heterocycles. The molecule has 0 unspecified atom stereocenters. The van der Waals surface area contributed by atoms with Crippen molar-refractivity contribution >= 4 is 27.2 Å². The second kappa shape index (κ2) is 7.33. The molecule has 0 radical (unpaired) electrons. The van der Waals surface area contributed by atoms with Crippen LogP contribution in [-0.4, -0.2) is 17.4 Å². The van der Waals surface area contributed by atoms with Gasteiger partial charge in [-0.3, -0.25) is 9.78 Å². The maximum atomic E-state index is 13.5. The summed E-state index contributed by atoms with van der Waals surface area (Å²) in [7, 11) is 0. The highest BCUT2D eigenvalue weighted by Crippen LogP contribution is 2.46. The van der Waals surface area contributed by atoms with Gasteiger partial charge in [0, 0.05) is 43.9 Å². The molecule has 30 heavy (non-hydrogen) atoms. The van der Waals surface area contributed by atoms with E-state index in [1.165, 1.54) is 36.3 Å². The lowest BCUT2D eigenvalue weighted by Crippen LogP contribution is -2.08. The largest absolute Gasteiger partial charge is 0.493 e. The predicted octanol–water partition coefficient (Wildman–Crippen LogP) is 6.51. The van der Waals surface area contributed by atoms with Gasteiger partial charge in [0.15, 0.2) is 5.78 Å². The first-order chi connectivity index (χ1) is 14.5. The van der Waals surface area contributed by atoms with Crippen LogP contribution in [0.2, 0.25) is 0 Å². The Morgan fingerprint density at radius 1 is 1.10 bits per heavy atom. The number of ether oxygens (including phenoxy) is 1. The van der Waals surface area contributed by atoms with E-state index < -0.39 is 0 Å². The summed E-state index contributed by atoms with van der Waals surface area (Å²) < 4.78 is 20.5. The molecule has 1 saturated carbocycles. The van der Waals surface area contributed by atoms with Crippen LogP contribution < -0.4 is 4.74 Å². The molecule has 0 bridgehead atoms. The van der Waals surface area contributed by atoms with E-state index >= 15 is 0 Å². The van der Waals surface area contributed by atoms with Gasteiger partial charge in [-0.15, -0.1) is 11.3 Å². The molecule has 5 heteroatoms. The number of rotatable bonds is 6. The second-order valence-corrected chi connectivity index (χ2v) is 9.19. The maximum Gasteiger partial charge on any atom is 0.195 e. The number of hydrogen-bond donors (Lipinski definition) is 0. The summed E-state index contributed by atoms with van der Waals surface area (Å²) in [6.45, 7) is 2.94. The molecule has 1 aliphatic rings. The summed E-state index contributed by atoms with van der Waals surface area (Å²) in [4.78, 5) is 18.2. The highest BCUT2D eigenvalue weighted by Gasteiger charge is 2.38. The van der Waals surface area contributed by atoms with E-state index in [1.54, 1.807) is 36.7 Å². The fourth-order valence-corrected chi connectivity index (χ4v) is 4.69. The van der Waals surface area contributed by atoms with Crippen molar-refractivity contribution < 1.29 is 13.9 Å². The van der Waals surface area contributed by atoms with Crippen LogP contribution in [0.1, 0.15) is 35.7 Å². The Balaban J connectivity index is 1.61. The zero-order chi connectivity index (χ0) is 20.7. The SMILES string of the molecule is CC1(COc2ccc3c(C(=O)c4ccncc4)c(-c4ccc(F)cc4)sc3c2)CC1. The van der Waals surface area contributed by atoms with Gasteiger partial charge in [-0.2, -0.15) is 0 Å². The Hall–Kier alpha value is -3.05. The number of pyridine rings is 1. The third-order valence-corrected chi connectivity index (χ3v) is 6.83. The van der Waals surface area contributed by atoms with E-state index in [9.17, 15) is 9.18 Å². The van der Waals surface area contributed by atoms with Crippen molar-refractivity contribution in [2.24, 2.45) is 5.41 Å². The smallest absolute Gasteiger partial charge is 0.195 e. The molecule has 150 valence electrons. The van der Waals surface area contributed by atoms with E-state index in [0.717, 1.165) is 26.3 Å². The molecule has 4 aromatic rings. The molecule has 1 aliphatic carbocycles. The average molecular weight is 418 g/mol. The van der Waals surface area contributed by atoms with Crippen LogP contribution in [0, 0.1) is 11.2 Å². The van der Waals surface area contributed by atoms with E-state index in [4.69, 9.17) is 4.74 Å². The van der Waals surface area contributed by atoms with E-state index in [-0.39, 0.29) is 11.6 Å². The Kier molecular flexibility index (Phi) is 4.63. The minimum Gasteiger partial charge on any atom is -0.493 e. The van der Waals surface area contributed by atoms with Gasteiger partial charge in [-0.25, -0.2) is 4.39 Å². The first-order valence-corrected chi connectivity index (χ1v) is 10.7. The normalized spacial score (nSPS) is 14.6. The number of halogens is 1. The van der Waals surface area contributed by atoms with Gasteiger partial charge in [0.1, 0.15) is 11.6 Å². The Morgan fingerprint density at radius 3 is 2.53 bits per heavy atom. The number of nitrogens with zero attached hydrogens (tertiary/aromatic N) is 1. The Labute approximate surface area is 178 Å². The highest BCUT2D eigenvalue weighted by atomic mass is 32.1. The molecule has 0 saturated heterocycles. The van der Waals surface area contributed by atoms with E-state index in [1.807, 2.05) is 18.2 Å². The lowest BCUT2D eigenvalue weighted by Gasteiger charge is -2.11. The first kappa shape index (κ1) is 18.9. The van der Waals surface area contributed by atoms with Crippen LogP contribution in [0.15, 0.2) is 67.0 Å².